The van der Waals surface area contributed by atoms with E-state index < -0.39 is 29.8 Å². The van der Waals surface area contributed by atoms with Gasteiger partial charge in [0, 0.05) is 18.3 Å². The third kappa shape index (κ3) is 6.50. The lowest BCUT2D eigenvalue weighted by atomic mass is 9.92. The first kappa shape index (κ1) is 22.7. The van der Waals surface area contributed by atoms with Crippen LogP contribution in [0.4, 0.5) is 26.3 Å². The lowest BCUT2D eigenvalue weighted by molar-refractivity contribution is -0.274. The Balaban J connectivity index is 1.52. The lowest BCUT2D eigenvalue weighted by Gasteiger charge is -2.29. The molecule has 1 heterocycles. The number of ether oxygens (including phenoxy) is 2. The van der Waals surface area contributed by atoms with Gasteiger partial charge in [0.2, 0.25) is 5.88 Å². The van der Waals surface area contributed by atoms with E-state index in [9.17, 15) is 31.1 Å². The van der Waals surface area contributed by atoms with Crippen LogP contribution in [0.25, 0.3) is 0 Å². The molecule has 1 aromatic carbocycles. The number of hydrogen-bond acceptors (Lipinski definition) is 4. The zero-order chi connectivity index (χ0) is 22.6. The number of amides is 1. The second-order valence-corrected chi connectivity index (χ2v) is 6.99. The minimum absolute atomic E-state index is 0.0683. The van der Waals surface area contributed by atoms with Crippen LogP contribution in [0.15, 0.2) is 42.6 Å². The maximum atomic E-state index is 12.6. The number of carbonyl (C=O) groups is 1. The quantitative estimate of drug-likeness (QED) is 0.646. The molecule has 1 fully saturated rings. The number of pyridine rings is 1. The van der Waals surface area contributed by atoms with E-state index in [4.69, 9.17) is 4.74 Å². The Labute approximate surface area is 173 Å². The molecule has 0 bridgehead atoms. The van der Waals surface area contributed by atoms with Crippen molar-refractivity contribution in [2.75, 3.05) is 0 Å². The van der Waals surface area contributed by atoms with Gasteiger partial charge in [0.15, 0.2) is 0 Å². The molecule has 1 aliphatic rings. The molecule has 1 amide bonds. The summed E-state index contributed by atoms with van der Waals surface area (Å²) in [5, 5.41) is 2.69. The van der Waals surface area contributed by atoms with E-state index in [-0.39, 0.29) is 23.6 Å². The summed E-state index contributed by atoms with van der Waals surface area (Å²) in [7, 11) is 0. The predicted molar refractivity (Wildman–Crippen MR) is 96.5 cm³/mol. The van der Waals surface area contributed by atoms with Gasteiger partial charge in [0.1, 0.15) is 11.9 Å². The van der Waals surface area contributed by atoms with Gasteiger partial charge in [-0.25, -0.2) is 4.98 Å². The summed E-state index contributed by atoms with van der Waals surface area (Å²) in [5.41, 5.74) is -1.10. The van der Waals surface area contributed by atoms with E-state index in [2.05, 4.69) is 15.0 Å². The minimum atomic E-state index is -4.92. The van der Waals surface area contributed by atoms with Crippen molar-refractivity contribution in [2.24, 2.45) is 0 Å². The van der Waals surface area contributed by atoms with Gasteiger partial charge in [0.25, 0.3) is 5.91 Å². The summed E-state index contributed by atoms with van der Waals surface area (Å²) in [4.78, 5) is 16.1. The SMILES string of the molecule is O=C(NC1CCC(Oc2ccc(C(F)(F)F)cn2)CC1)c1ccccc1OC(F)(F)F. The Morgan fingerprint density at radius 1 is 0.968 bits per heavy atom. The highest BCUT2D eigenvalue weighted by molar-refractivity contribution is 5.97. The number of halogens is 6. The van der Waals surface area contributed by atoms with Gasteiger partial charge in [0.05, 0.1) is 11.1 Å². The molecular formula is C20H18F6N2O3. The molecule has 1 saturated carbocycles. The largest absolute Gasteiger partial charge is 0.573 e. The Kier molecular flexibility index (Phi) is 6.61. The van der Waals surface area contributed by atoms with Gasteiger partial charge in [-0.1, -0.05) is 12.1 Å². The summed E-state index contributed by atoms with van der Waals surface area (Å²) in [6.45, 7) is 0. The summed E-state index contributed by atoms with van der Waals surface area (Å²) >= 11 is 0. The standard InChI is InChI=1S/C20H18F6N2O3/c21-19(22,23)12-5-10-17(27-11-12)30-14-8-6-13(7-9-14)28-18(29)15-3-1-2-4-16(15)31-20(24,25)26/h1-5,10-11,13-14H,6-9H2,(H,28,29). The first-order valence-electron chi connectivity index (χ1n) is 9.37. The van der Waals surface area contributed by atoms with Crippen LogP contribution in [-0.2, 0) is 6.18 Å². The fraction of sp³-hybridized carbons (Fsp3) is 0.400. The van der Waals surface area contributed by atoms with Gasteiger partial charge in [-0.15, -0.1) is 13.2 Å². The average Bonchev–Trinajstić information content (AvgIpc) is 2.68. The number of benzene rings is 1. The Bertz CT molecular complexity index is 891. The van der Waals surface area contributed by atoms with Gasteiger partial charge in [-0.3, -0.25) is 4.79 Å². The molecule has 1 aliphatic carbocycles. The van der Waals surface area contributed by atoms with E-state index >= 15 is 0 Å². The Morgan fingerprint density at radius 3 is 2.23 bits per heavy atom. The lowest BCUT2D eigenvalue weighted by Crippen LogP contribution is -2.40. The highest BCUT2D eigenvalue weighted by atomic mass is 19.4. The molecular weight excluding hydrogens is 430 g/mol. The van der Waals surface area contributed by atoms with Crippen LogP contribution in [0, 0.1) is 0 Å². The fourth-order valence-electron chi connectivity index (χ4n) is 3.24. The van der Waals surface area contributed by atoms with E-state index in [1.165, 1.54) is 18.2 Å². The van der Waals surface area contributed by atoms with Crippen molar-refractivity contribution in [3.63, 3.8) is 0 Å². The third-order valence-electron chi connectivity index (χ3n) is 4.72. The summed E-state index contributed by atoms with van der Waals surface area (Å²) in [5.74, 6) is -1.20. The smallest absolute Gasteiger partial charge is 0.474 e. The minimum Gasteiger partial charge on any atom is -0.474 e. The summed E-state index contributed by atoms with van der Waals surface area (Å²) < 4.78 is 84.8. The molecule has 168 valence electrons. The van der Waals surface area contributed by atoms with Crippen LogP contribution < -0.4 is 14.8 Å². The summed E-state index contributed by atoms with van der Waals surface area (Å²) in [6, 6.07) is 6.80. The molecule has 0 radical (unpaired) electrons. The number of alkyl halides is 6. The zero-order valence-electron chi connectivity index (χ0n) is 16.0. The van der Waals surface area contributed by atoms with Crippen molar-refractivity contribution in [3.05, 3.63) is 53.7 Å². The van der Waals surface area contributed by atoms with E-state index in [0.717, 1.165) is 18.2 Å². The van der Waals surface area contributed by atoms with E-state index in [0.29, 0.717) is 31.9 Å². The molecule has 0 spiro atoms. The van der Waals surface area contributed by atoms with Crippen molar-refractivity contribution in [2.45, 2.75) is 50.4 Å². The molecule has 11 heteroatoms. The number of para-hydroxylation sites is 1. The molecule has 3 rings (SSSR count). The highest BCUT2D eigenvalue weighted by Crippen LogP contribution is 2.30. The number of carbonyl (C=O) groups excluding carboxylic acids is 1. The van der Waals surface area contributed by atoms with Gasteiger partial charge in [-0.2, -0.15) is 13.2 Å². The predicted octanol–water partition coefficient (Wildman–Crippen LogP) is 5.12. The number of rotatable bonds is 5. The molecule has 1 N–H and O–H groups in total. The number of nitrogens with zero attached hydrogens (tertiary/aromatic N) is 1. The number of nitrogens with one attached hydrogen (secondary N) is 1. The normalized spacial score (nSPS) is 19.5. The highest BCUT2D eigenvalue weighted by Gasteiger charge is 2.33. The molecule has 0 saturated heterocycles. The Morgan fingerprint density at radius 2 is 1.65 bits per heavy atom. The van der Waals surface area contributed by atoms with Crippen molar-refractivity contribution < 1.29 is 40.6 Å². The van der Waals surface area contributed by atoms with Crippen LogP contribution >= 0.6 is 0 Å². The molecule has 31 heavy (non-hydrogen) atoms. The Hall–Kier alpha value is -2.98. The monoisotopic (exact) mass is 448 g/mol. The fourth-order valence-corrected chi connectivity index (χ4v) is 3.24. The van der Waals surface area contributed by atoms with E-state index in [1.54, 1.807) is 0 Å². The maximum Gasteiger partial charge on any atom is 0.573 e. The zero-order valence-corrected chi connectivity index (χ0v) is 16.0. The first-order chi connectivity index (χ1) is 14.5. The number of hydrogen-bond donors (Lipinski definition) is 1. The first-order valence-corrected chi connectivity index (χ1v) is 9.37. The van der Waals surface area contributed by atoms with Crippen molar-refractivity contribution in [1.82, 2.24) is 10.3 Å². The van der Waals surface area contributed by atoms with Crippen LogP contribution in [0.2, 0.25) is 0 Å². The van der Waals surface area contributed by atoms with Crippen LogP contribution in [-0.4, -0.2) is 29.4 Å². The third-order valence-corrected chi connectivity index (χ3v) is 4.72. The van der Waals surface area contributed by atoms with Crippen molar-refractivity contribution in [3.8, 4) is 11.6 Å². The van der Waals surface area contributed by atoms with Gasteiger partial charge >= 0.3 is 12.5 Å². The van der Waals surface area contributed by atoms with E-state index in [1.807, 2.05) is 0 Å². The second-order valence-electron chi connectivity index (χ2n) is 6.99. The molecule has 0 unspecified atom stereocenters. The van der Waals surface area contributed by atoms with Crippen LogP contribution in [0.5, 0.6) is 11.6 Å². The second kappa shape index (κ2) is 9.03. The topological polar surface area (TPSA) is 60.5 Å². The average molecular weight is 448 g/mol. The molecule has 1 aromatic heterocycles. The van der Waals surface area contributed by atoms with Crippen LogP contribution in [0.3, 0.4) is 0 Å². The van der Waals surface area contributed by atoms with Crippen LogP contribution in [0.1, 0.15) is 41.6 Å². The van der Waals surface area contributed by atoms with Crippen molar-refractivity contribution >= 4 is 5.91 Å². The molecule has 0 aliphatic heterocycles. The van der Waals surface area contributed by atoms with Gasteiger partial charge < -0.3 is 14.8 Å². The molecule has 0 atom stereocenters. The van der Waals surface area contributed by atoms with Crippen molar-refractivity contribution in [1.29, 1.82) is 0 Å². The molecule has 2 aromatic rings. The maximum absolute atomic E-state index is 12.6. The van der Waals surface area contributed by atoms with Gasteiger partial charge in [-0.05, 0) is 43.9 Å². The summed E-state index contributed by atoms with van der Waals surface area (Å²) in [6.07, 6.45) is -7.04. The molecule has 5 nitrogen and oxygen atoms in total. The number of aromatic nitrogens is 1.